The number of benzene rings is 1. The minimum Gasteiger partial charge on any atom is -0.427 e. The van der Waals surface area contributed by atoms with Crippen molar-refractivity contribution in [1.82, 2.24) is 0 Å². The number of unbranched alkanes of at least 4 members (excludes halogenated alkanes) is 19. The molecule has 0 unspecified atom stereocenters. The number of carbonyl (C=O) groups is 1. The molecule has 34 heavy (non-hydrogen) atoms. The summed E-state index contributed by atoms with van der Waals surface area (Å²) in [7, 11) is 0. The van der Waals surface area contributed by atoms with Crippen molar-refractivity contribution in [2.24, 2.45) is 0 Å². The predicted octanol–water partition coefficient (Wildman–Crippen LogP) is 10.8. The Morgan fingerprint density at radius 1 is 0.588 bits per heavy atom. The molecule has 2 heteroatoms. The topological polar surface area (TPSA) is 26.3 Å². The number of esters is 1. The number of rotatable bonds is 24. The maximum Gasteiger partial charge on any atom is 0.311 e. The van der Waals surface area contributed by atoms with Gasteiger partial charge in [0.2, 0.25) is 0 Å². The molecular weight excluding hydrogens is 416 g/mol. The maximum atomic E-state index is 11.8. The van der Waals surface area contributed by atoms with Gasteiger partial charge in [-0.05, 0) is 31.4 Å². The molecule has 0 saturated heterocycles. The number of carbonyl (C=O) groups excluding carboxylic acids is 1. The van der Waals surface area contributed by atoms with Crippen LogP contribution in [0.15, 0.2) is 42.5 Å². The minimum absolute atomic E-state index is 0.153. The van der Waals surface area contributed by atoms with Gasteiger partial charge in [-0.1, -0.05) is 153 Å². The Bertz CT molecular complexity index is 578. The average Bonchev–Trinajstić information content (AvgIpc) is 2.85. The molecule has 0 spiro atoms. The summed E-state index contributed by atoms with van der Waals surface area (Å²) in [5.41, 5.74) is 0. The fourth-order valence-corrected chi connectivity index (χ4v) is 4.45. The molecule has 0 aliphatic rings. The van der Waals surface area contributed by atoms with Crippen molar-refractivity contribution in [3.63, 3.8) is 0 Å². The van der Waals surface area contributed by atoms with E-state index in [9.17, 15) is 4.79 Å². The first-order valence-electron chi connectivity index (χ1n) is 14.7. The Balaban J connectivity index is 1.73. The average molecular weight is 471 g/mol. The van der Waals surface area contributed by atoms with Crippen molar-refractivity contribution in [1.29, 1.82) is 0 Å². The molecule has 0 aliphatic carbocycles. The lowest BCUT2D eigenvalue weighted by Gasteiger charge is -2.04. The largest absolute Gasteiger partial charge is 0.427 e. The van der Waals surface area contributed by atoms with Crippen LogP contribution in [-0.2, 0) is 4.79 Å². The molecule has 0 bridgehead atoms. The van der Waals surface area contributed by atoms with Gasteiger partial charge in [-0.3, -0.25) is 4.79 Å². The van der Waals surface area contributed by atoms with E-state index < -0.39 is 0 Å². The minimum atomic E-state index is -0.153. The van der Waals surface area contributed by atoms with Gasteiger partial charge in [0.1, 0.15) is 5.75 Å². The Kier molecular flexibility index (Phi) is 22.0. The lowest BCUT2D eigenvalue weighted by molar-refractivity contribution is -0.134. The van der Waals surface area contributed by atoms with Crippen LogP contribution < -0.4 is 4.74 Å². The summed E-state index contributed by atoms with van der Waals surface area (Å²) in [6, 6.07) is 9.30. The van der Waals surface area contributed by atoms with Crippen LogP contribution in [0.1, 0.15) is 148 Å². The van der Waals surface area contributed by atoms with E-state index in [2.05, 4.69) is 19.1 Å². The fraction of sp³-hybridized carbons (Fsp3) is 0.719. The summed E-state index contributed by atoms with van der Waals surface area (Å²) in [6.45, 7) is 2.29. The van der Waals surface area contributed by atoms with Gasteiger partial charge in [0.05, 0.1) is 0 Å². The van der Waals surface area contributed by atoms with Gasteiger partial charge in [-0.2, -0.15) is 0 Å². The monoisotopic (exact) mass is 470 g/mol. The van der Waals surface area contributed by atoms with Crippen LogP contribution in [0.2, 0.25) is 0 Å². The van der Waals surface area contributed by atoms with Crippen LogP contribution in [0.5, 0.6) is 5.75 Å². The lowest BCUT2D eigenvalue weighted by atomic mass is 10.0. The molecule has 2 nitrogen and oxygen atoms in total. The zero-order valence-electron chi connectivity index (χ0n) is 22.4. The molecule has 0 N–H and O–H groups in total. The zero-order chi connectivity index (χ0) is 24.4. The number of allylic oxidation sites excluding steroid dienone is 2. The molecule has 1 aromatic carbocycles. The Morgan fingerprint density at radius 2 is 1.00 bits per heavy atom. The Labute approximate surface area is 212 Å². The summed E-state index contributed by atoms with van der Waals surface area (Å²) >= 11 is 0. The molecule has 194 valence electrons. The maximum absolute atomic E-state index is 11.8. The molecule has 0 amide bonds. The van der Waals surface area contributed by atoms with E-state index in [4.69, 9.17) is 4.74 Å². The molecule has 0 saturated carbocycles. The van der Waals surface area contributed by atoms with E-state index in [0.717, 1.165) is 12.8 Å². The van der Waals surface area contributed by atoms with Crippen LogP contribution >= 0.6 is 0 Å². The zero-order valence-corrected chi connectivity index (χ0v) is 22.4. The van der Waals surface area contributed by atoms with Gasteiger partial charge in [-0.25, -0.2) is 0 Å². The van der Waals surface area contributed by atoms with Crippen LogP contribution in [0.25, 0.3) is 0 Å². The summed E-state index contributed by atoms with van der Waals surface area (Å²) in [5.74, 6) is 0.477. The molecule has 0 radical (unpaired) electrons. The van der Waals surface area contributed by atoms with E-state index in [-0.39, 0.29) is 5.97 Å². The van der Waals surface area contributed by atoms with Gasteiger partial charge in [0.25, 0.3) is 0 Å². The summed E-state index contributed by atoms with van der Waals surface area (Å²) in [6.07, 6.45) is 33.7. The van der Waals surface area contributed by atoms with Crippen molar-refractivity contribution in [3.05, 3.63) is 42.5 Å². The van der Waals surface area contributed by atoms with Crippen molar-refractivity contribution < 1.29 is 9.53 Å². The number of hydrogen-bond acceptors (Lipinski definition) is 2. The molecule has 1 rings (SSSR count). The molecule has 0 fully saturated rings. The molecule has 0 aromatic heterocycles. The third-order valence-electron chi connectivity index (χ3n) is 6.63. The van der Waals surface area contributed by atoms with Crippen LogP contribution in [0.3, 0.4) is 0 Å². The van der Waals surface area contributed by atoms with Crippen molar-refractivity contribution in [2.45, 2.75) is 148 Å². The van der Waals surface area contributed by atoms with Crippen LogP contribution in [-0.4, -0.2) is 5.97 Å². The smallest absolute Gasteiger partial charge is 0.311 e. The van der Waals surface area contributed by atoms with Gasteiger partial charge in [-0.15, -0.1) is 0 Å². The number of ether oxygens (including phenoxy) is 1. The Morgan fingerprint density at radius 3 is 1.47 bits per heavy atom. The highest BCUT2D eigenvalue weighted by Gasteiger charge is 2.02. The van der Waals surface area contributed by atoms with Crippen LogP contribution in [0, 0.1) is 0 Å². The molecule has 0 heterocycles. The van der Waals surface area contributed by atoms with Gasteiger partial charge >= 0.3 is 5.97 Å². The first-order valence-corrected chi connectivity index (χ1v) is 14.7. The highest BCUT2D eigenvalue weighted by atomic mass is 16.5. The highest BCUT2D eigenvalue weighted by molar-refractivity contribution is 5.72. The third kappa shape index (κ3) is 21.0. The normalized spacial score (nSPS) is 11.3. The Hall–Kier alpha value is -1.57. The van der Waals surface area contributed by atoms with Gasteiger partial charge < -0.3 is 4.74 Å². The van der Waals surface area contributed by atoms with E-state index in [1.807, 2.05) is 30.3 Å². The molecule has 0 atom stereocenters. The summed E-state index contributed by atoms with van der Waals surface area (Å²) in [5, 5.41) is 0. The molecule has 0 aliphatic heterocycles. The highest BCUT2D eigenvalue weighted by Crippen LogP contribution is 2.15. The number of para-hydroxylation sites is 1. The SMILES string of the molecule is CCCCCCCCCCCCCCCCCCCCCC=CCCC(=O)Oc1ccccc1. The molecular formula is C32H54O2. The predicted molar refractivity (Wildman–Crippen MR) is 148 cm³/mol. The quantitative estimate of drug-likeness (QED) is 0.0649. The van der Waals surface area contributed by atoms with Gasteiger partial charge in [0.15, 0.2) is 0 Å². The van der Waals surface area contributed by atoms with Crippen molar-refractivity contribution >= 4 is 5.97 Å². The van der Waals surface area contributed by atoms with Crippen molar-refractivity contribution in [3.8, 4) is 5.75 Å². The van der Waals surface area contributed by atoms with E-state index >= 15 is 0 Å². The fourth-order valence-electron chi connectivity index (χ4n) is 4.45. The standard InChI is InChI=1S/C32H54O2/c1-2-3-4-5-6-7-8-9-10-11-12-13-14-15-16-17-18-19-20-21-22-23-27-30-32(33)34-31-28-25-24-26-29-31/h22-26,28-29H,2-21,27,30H2,1H3. The van der Waals surface area contributed by atoms with Crippen molar-refractivity contribution in [2.75, 3.05) is 0 Å². The first kappa shape index (κ1) is 30.5. The molecule has 1 aromatic rings. The third-order valence-corrected chi connectivity index (χ3v) is 6.63. The summed E-state index contributed by atoms with van der Waals surface area (Å²) < 4.78 is 5.29. The van der Waals surface area contributed by atoms with E-state index in [1.54, 1.807) is 0 Å². The second kappa shape index (κ2) is 24.6. The van der Waals surface area contributed by atoms with Gasteiger partial charge in [0, 0.05) is 6.42 Å². The second-order valence-electron chi connectivity index (χ2n) is 9.95. The van der Waals surface area contributed by atoms with E-state index in [1.165, 1.54) is 122 Å². The first-order chi connectivity index (χ1) is 16.8. The van der Waals surface area contributed by atoms with Crippen LogP contribution in [0.4, 0.5) is 0 Å². The lowest BCUT2D eigenvalue weighted by Crippen LogP contribution is -2.06. The second-order valence-corrected chi connectivity index (χ2v) is 9.95. The van der Waals surface area contributed by atoms with E-state index in [0.29, 0.717) is 12.2 Å². The summed E-state index contributed by atoms with van der Waals surface area (Å²) in [4.78, 5) is 11.8. The number of hydrogen-bond donors (Lipinski definition) is 0.